The average Bonchev–Trinajstić information content (AvgIpc) is 2.88. The van der Waals surface area contributed by atoms with Crippen molar-refractivity contribution in [2.45, 2.75) is 64.2 Å². The van der Waals surface area contributed by atoms with Gasteiger partial charge in [-0.15, -0.1) is 26.3 Å². The van der Waals surface area contributed by atoms with Crippen molar-refractivity contribution in [2.24, 2.45) is 0 Å². The van der Waals surface area contributed by atoms with Gasteiger partial charge in [0.15, 0.2) is 0 Å². The van der Waals surface area contributed by atoms with Crippen LogP contribution < -0.4 is 0 Å². The zero-order valence-electron chi connectivity index (χ0n) is 23.5. The first-order valence-electron chi connectivity index (χ1n) is 13.3. The highest BCUT2D eigenvalue weighted by molar-refractivity contribution is 5.55. The van der Waals surface area contributed by atoms with E-state index in [4.69, 9.17) is 0 Å². The number of aromatic hydroxyl groups is 2. The molecule has 0 fully saturated rings. The van der Waals surface area contributed by atoms with Crippen LogP contribution in [-0.4, -0.2) is 10.2 Å². The second-order valence-electron chi connectivity index (χ2n) is 11.1. The molecule has 0 aliphatic carbocycles. The van der Waals surface area contributed by atoms with Gasteiger partial charge in [-0.1, -0.05) is 101 Å². The molecule has 0 atom stereocenters. The van der Waals surface area contributed by atoms with Crippen LogP contribution in [0.5, 0.6) is 11.5 Å². The third kappa shape index (κ3) is 5.70. The highest BCUT2D eigenvalue weighted by atomic mass is 16.3. The van der Waals surface area contributed by atoms with Crippen LogP contribution in [0.3, 0.4) is 0 Å². The minimum absolute atomic E-state index is 0.325. The van der Waals surface area contributed by atoms with Crippen LogP contribution in [0.4, 0.5) is 0 Å². The first-order chi connectivity index (χ1) is 18.0. The van der Waals surface area contributed by atoms with E-state index in [1.54, 1.807) is 0 Å². The van der Waals surface area contributed by atoms with E-state index in [1.807, 2.05) is 36.4 Å². The van der Waals surface area contributed by atoms with Crippen molar-refractivity contribution in [3.05, 3.63) is 144 Å². The Bertz CT molecular complexity index is 1230. The Hall–Kier alpha value is -3.78. The standard InChI is InChI=1S/C36H42O2/c1-9-13-25-21-27(15-11-3)33(37)31(23-25)35(5,6)29-17-19-30(20-18-29)36(7,8)32-24-26(14-10-2)22-28(16-12-4)34(32)38/h9-12,17-24,37-38H,1-4,13-16H2,5-8H3. The predicted octanol–water partition coefficient (Wildman–Crippen LogP) is 8.66. The number of hydrogen-bond acceptors (Lipinski definition) is 2. The van der Waals surface area contributed by atoms with Crippen molar-refractivity contribution >= 4 is 0 Å². The zero-order valence-corrected chi connectivity index (χ0v) is 23.5. The topological polar surface area (TPSA) is 40.5 Å². The van der Waals surface area contributed by atoms with E-state index in [-0.39, 0.29) is 0 Å². The Morgan fingerprint density at radius 3 is 1.16 bits per heavy atom. The molecule has 3 aromatic carbocycles. The highest BCUT2D eigenvalue weighted by Crippen LogP contribution is 2.43. The van der Waals surface area contributed by atoms with E-state index in [2.05, 4.69) is 90.4 Å². The van der Waals surface area contributed by atoms with Crippen LogP contribution in [-0.2, 0) is 36.5 Å². The molecular formula is C36H42O2. The van der Waals surface area contributed by atoms with Gasteiger partial charge in [-0.3, -0.25) is 0 Å². The normalized spacial score (nSPS) is 11.7. The molecule has 3 rings (SSSR count). The predicted molar refractivity (Wildman–Crippen MR) is 163 cm³/mol. The largest absolute Gasteiger partial charge is 0.507 e. The molecule has 2 nitrogen and oxygen atoms in total. The third-order valence-corrected chi connectivity index (χ3v) is 7.66. The van der Waals surface area contributed by atoms with Crippen molar-refractivity contribution in [3.63, 3.8) is 0 Å². The van der Waals surface area contributed by atoms with Gasteiger partial charge in [-0.25, -0.2) is 0 Å². The number of benzene rings is 3. The SMILES string of the molecule is C=CCc1cc(CC=C)c(O)c(C(C)(C)c2ccc(C(C)(C)c3cc(CC=C)cc(CC=C)c3O)cc2)c1. The fraction of sp³-hybridized carbons (Fsp3) is 0.278. The lowest BCUT2D eigenvalue weighted by Gasteiger charge is -2.31. The molecule has 2 heteroatoms. The highest BCUT2D eigenvalue weighted by Gasteiger charge is 2.31. The molecule has 0 aliphatic heterocycles. The van der Waals surface area contributed by atoms with E-state index in [9.17, 15) is 10.2 Å². The van der Waals surface area contributed by atoms with Gasteiger partial charge in [0.2, 0.25) is 0 Å². The maximum atomic E-state index is 11.2. The smallest absolute Gasteiger partial charge is 0.123 e. The van der Waals surface area contributed by atoms with Crippen molar-refractivity contribution in [3.8, 4) is 11.5 Å². The molecule has 0 spiro atoms. The molecule has 2 N–H and O–H groups in total. The summed E-state index contributed by atoms with van der Waals surface area (Å²) in [6.45, 7) is 24.1. The molecule has 0 aliphatic rings. The van der Waals surface area contributed by atoms with Gasteiger partial charge < -0.3 is 10.2 Å². The van der Waals surface area contributed by atoms with Gasteiger partial charge in [-0.2, -0.15) is 0 Å². The van der Waals surface area contributed by atoms with Crippen molar-refractivity contribution < 1.29 is 10.2 Å². The molecule has 0 unspecified atom stereocenters. The first kappa shape index (κ1) is 28.8. The summed E-state index contributed by atoms with van der Waals surface area (Å²) in [5.74, 6) is 0.650. The maximum Gasteiger partial charge on any atom is 0.123 e. The Labute approximate surface area is 229 Å². The summed E-state index contributed by atoms with van der Waals surface area (Å²) in [5, 5.41) is 22.4. The Balaban J connectivity index is 2.07. The van der Waals surface area contributed by atoms with Crippen molar-refractivity contribution in [1.82, 2.24) is 0 Å². The first-order valence-corrected chi connectivity index (χ1v) is 13.3. The fourth-order valence-electron chi connectivity index (χ4n) is 5.28. The van der Waals surface area contributed by atoms with E-state index < -0.39 is 10.8 Å². The molecule has 0 bridgehead atoms. The molecular weight excluding hydrogens is 464 g/mol. The molecule has 3 aromatic rings. The van der Waals surface area contributed by atoms with Crippen LogP contribution in [0.25, 0.3) is 0 Å². The Morgan fingerprint density at radius 1 is 0.553 bits per heavy atom. The van der Waals surface area contributed by atoms with Crippen LogP contribution in [0.15, 0.2) is 99.2 Å². The minimum atomic E-state index is -0.428. The average molecular weight is 507 g/mol. The van der Waals surface area contributed by atoms with Gasteiger partial charge in [0.1, 0.15) is 11.5 Å². The summed E-state index contributed by atoms with van der Waals surface area (Å²) in [6.07, 6.45) is 10.1. The van der Waals surface area contributed by atoms with Crippen molar-refractivity contribution in [2.75, 3.05) is 0 Å². The third-order valence-electron chi connectivity index (χ3n) is 7.66. The Morgan fingerprint density at radius 2 is 0.868 bits per heavy atom. The lowest BCUT2D eigenvalue weighted by molar-refractivity contribution is 0.445. The summed E-state index contributed by atoms with van der Waals surface area (Å²) in [4.78, 5) is 0. The minimum Gasteiger partial charge on any atom is -0.507 e. The van der Waals surface area contributed by atoms with Crippen molar-refractivity contribution in [1.29, 1.82) is 0 Å². The molecule has 0 saturated heterocycles. The summed E-state index contributed by atoms with van der Waals surface area (Å²) in [6, 6.07) is 16.8. The van der Waals surface area contributed by atoms with E-state index in [0.29, 0.717) is 24.3 Å². The van der Waals surface area contributed by atoms with E-state index >= 15 is 0 Å². The number of rotatable bonds is 12. The van der Waals surface area contributed by atoms with Crippen LogP contribution in [0.2, 0.25) is 0 Å². The van der Waals surface area contributed by atoms with Gasteiger partial charge in [0.25, 0.3) is 0 Å². The zero-order chi connectivity index (χ0) is 28.1. The maximum absolute atomic E-state index is 11.2. The summed E-state index contributed by atoms with van der Waals surface area (Å²) in [5.41, 5.74) is 7.15. The van der Waals surface area contributed by atoms with Gasteiger partial charge in [-0.05, 0) is 59.1 Å². The summed E-state index contributed by atoms with van der Waals surface area (Å²) in [7, 11) is 0. The van der Waals surface area contributed by atoms with Crippen LogP contribution >= 0.6 is 0 Å². The Kier molecular flexibility index (Phi) is 8.89. The van der Waals surface area contributed by atoms with E-state index in [0.717, 1.165) is 57.3 Å². The second kappa shape index (κ2) is 11.7. The molecule has 0 heterocycles. The van der Waals surface area contributed by atoms with Gasteiger partial charge >= 0.3 is 0 Å². The van der Waals surface area contributed by atoms with Gasteiger partial charge in [0, 0.05) is 22.0 Å². The monoisotopic (exact) mass is 506 g/mol. The molecule has 0 radical (unpaired) electrons. The molecule has 38 heavy (non-hydrogen) atoms. The van der Waals surface area contributed by atoms with Gasteiger partial charge in [0.05, 0.1) is 0 Å². The lowest BCUT2D eigenvalue weighted by atomic mass is 9.73. The van der Waals surface area contributed by atoms with Crippen LogP contribution in [0.1, 0.15) is 72.2 Å². The quantitative estimate of drug-likeness (QED) is 0.241. The molecule has 0 amide bonds. The molecule has 198 valence electrons. The number of hydrogen-bond donors (Lipinski definition) is 2. The summed E-state index contributed by atoms with van der Waals surface area (Å²) >= 11 is 0. The van der Waals surface area contributed by atoms with Crippen LogP contribution in [0, 0.1) is 0 Å². The fourth-order valence-corrected chi connectivity index (χ4v) is 5.28. The number of allylic oxidation sites excluding steroid dienone is 4. The number of phenols is 2. The summed E-state index contributed by atoms with van der Waals surface area (Å²) < 4.78 is 0. The number of phenolic OH excluding ortho intramolecular Hbond substituents is 2. The molecule has 0 saturated carbocycles. The lowest BCUT2D eigenvalue weighted by Crippen LogP contribution is -2.22. The molecule has 0 aromatic heterocycles. The van der Waals surface area contributed by atoms with E-state index in [1.165, 1.54) is 0 Å². The second-order valence-corrected chi connectivity index (χ2v) is 11.1.